The molecular weight excluding hydrogens is 297 g/mol. The van der Waals surface area contributed by atoms with Crippen LogP contribution in [0.15, 0.2) is 24.3 Å². The molecule has 1 heterocycles. The molecule has 0 aromatic heterocycles. The van der Waals surface area contributed by atoms with E-state index in [1.165, 1.54) is 6.08 Å². The summed E-state index contributed by atoms with van der Waals surface area (Å²) in [5.74, 6) is -0.0382. The maximum atomic E-state index is 12.2. The maximum absolute atomic E-state index is 12.2. The zero-order valence-electron chi connectivity index (χ0n) is 11.5. The van der Waals surface area contributed by atoms with E-state index in [-0.39, 0.29) is 18.1 Å². The van der Waals surface area contributed by atoms with Crippen molar-refractivity contribution in [1.29, 1.82) is 0 Å². The van der Waals surface area contributed by atoms with E-state index in [1.54, 1.807) is 18.2 Å². The molecule has 0 radical (unpaired) electrons. The van der Waals surface area contributed by atoms with Gasteiger partial charge in [0.1, 0.15) is 0 Å². The monoisotopic (exact) mass is 313 g/mol. The number of carbonyl (C=O) groups is 1. The molecule has 0 aliphatic carbocycles. The summed E-state index contributed by atoms with van der Waals surface area (Å²) in [5, 5.41) is 0.941. The highest BCUT2D eigenvalue weighted by Crippen LogP contribution is 2.26. The topological polar surface area (TPSA) is 29.5 Å². The normalized spacial score (nSPS) is 23.3. The van der Waals surface area contributed by atoms with Gasteiger partial charge in [-0.05, 0) is 31.6 Å². The van der Waals surface area contributed by atoms with Gasteiger partial charge in [-0.25, -0.2) is 0 Å². The second-order valence-corrected chi connectivity index (χ2v) is 5.75. The van der Waals surface area contributed by atoms with Crippen molar-refractivity contribution < 1.29 is 9.53 Å². The average Bonchev–Trinajstić information content (AvgIpc) is 2.43. The molecule has 0 bridgehead atoms. The van der Waals surface area contributed by atoms with Gasteiger partial charge in [0.05, 0.1) is 28.8 Å². The van der Waals surface area contributed by atoms with Crippen molar-refractivity contribution in [3.8, 4) is 0 Å². The van der Waals surface area contributed by atoms with Crippen molar-refractivity contribution >= 4 is 35.2 Å². The second kappa shape index (κ2) is 6.61. The predicted octanol–water partition coefficient (Wildman–Crippen LogP) is 3.64. The summed E-state index contributed by atoms with van der Waals surface area (Å²) in [6.45, 7) is 5.11. The third kappa shape index (κ3) is 3.54. The van der Waals surface area contributed by atoms with Gasteiger partial charge >= 0.3 is 0 Å². The Morgan fingerprint density at radius 3 is 2.90 bits per heavy atom. The highest BCUT2D eigenvalue weighted by atomic mass is 35.5. The molecule has 1 saturated heterocycles. The standard InChI is InChI=1S/C15H17Cl2NO2/c1-10-9-20-11(2)8-18(10)14(19)7-6-12-4-3-5-13(16)15(12)17/h3-7,10-11H,8-9H2,1-2H3/b7-6+/t10-,11-/m1/s1. The van der Waals surface area contributed by atoms with Gasteiger partial charge in [-0.2, -0.15) is 0 Å². The Morgan fingerprint density at radius 2 is 2.15 bits per heavy atom. The summed E-state index contributed by atoms with van der Waals surface area (Å²) in [4.78, 5) is 14.0. The first-order valence-corrected chi connectivity index (χ1v) is 7.29. The lowest BCUT2D eigenvalue weighted by molar-refractivity contribution is -0.137. The molecule has 2 atom stereocenters. The first kappa shape index (κ1) is 15.4. The number of halogens is 2. The molecular formula is C15H17Cl2NO2. The lowest BCUT2D eigenvalue weighted by Crippen LogP contribution is -2.49. The molecule has 1 aromatic carbocycles. The van der Waals surface area contributed by atoms with Gasteiger partial charge in [0.2, 0.25) is 5.91 Å². The summed E-state index contributed by atoms with van der Waals surface area (Å²) in [6.07, 6.45) is 3.30. The zero-order chi connectivity index (χ0) is 14.7. The van der Waals surface area contributed by atoms with Crippen molar-refractivity contribution in [2.75, 3.05) is 13.2 Å². The van der Waals surface area contributed by atoms with Gasteiger partial charge in [-0.1, -0.05) is 35.3 Å². The first-order valence-electron chi connectivity index (χ1n) is 6.53. The van der Waals surface area contributed by atoms with Crippen LogP contribution < -0.4 is 0 Å². The number of benzene rings is 1. The number of amides is 1. The SMILES string of the molecule is C[C@@H]1CN(C(=O)/C=C/c2cccc(Cl)c2Cl)[C@H](C)CO1. The zero-order valence-corrected chi connectivity index (χ0v) is 13.0. The van der Waals surface area contributed by atoms with Gasteiger partial charge < -0.3 is 9.64 Å². The van der Waals surface area contributed by atoms with E-state index < -0.39 is 0 Å². The molecule has 1 amide bonds. The van der Waals surface area contributed by atoms with Crippen LogP contribution in [0.1, 0.15) is 19.4 Å². The molecule has 1 fully saturated rings. The van der Waals surface area contributed by atoms with Gasteiger partial charge in [0.25, 0.3) is 0 Å². The molecule has 1 aliphatic rings. The quantitative estimate of drug-likeness (QED) is 0.780. The molecule has 1 aromatic rings. The average molecular weight is 314 g/mol. The van der Waals surface area contributed by atoms with Gasteiger partial charge in [-0.3, -0.25) is 4.79 Å². The van der Waals surface area contributed by atoms with E-state index in [0.29, 0.717) is 23.2 Å². The fourth-order valence-corrected chi connectivity index (χ4v) is 2.49. The molecule has 0 saturated carbocycles. The van der Waals surface area contributed by atoms with Crippen LogP contribution in [0, 0.1) is 0 Å². The highest BCUT2D eigenvalue weighted by molar-refractivity contribution is 6.42. The van der Waals surface area contributed by atoms with E-state index in [1.807, 2.05) is 24.8 Å². The minimum Gasteiger partial charge on any atom is -0.375 e. The van der Waals surface area contributed by atoms with Crippen LogP contribution in [0.4, 0.5) is 0 Å². The van der Waals surface area contributed by atoms with E-state index in [0.717, 1.165) is 5.56 Å². The molecule has 0 unspecified atom stereocenters. The van der Waals surface area contributed by atoms with Crippen LogP contribution in [0.3, 0.4) is 0 Å². The Hall–Kier alpha value is -1.03. The van der Waals surface area contributed by atoms with Crippen LogP contribution in [-0.4, -0.2) is 36.1 Å². The van der Waals surface area contributed by atoms with E-state index >= 15 is 0 Å². The van der Waals surface area contributed by atoms with Gasteiger partial charge in [-0.15, -0.1) is 0 Å². The molecule has 2 rings (SSSR count). The van der Waals surface area contributed by atoms with E-state index in [4.69, 9.17) is 27.9 Å². The largest absolute Gasteiger partial charge is 0.375 e. The summed E-state index contributed by atoms with van der Waals surface area (Å²) >= 11 is 12.0. The van der Waals surface area contributed by atoms with Crippen LogP contribution in [0.5, 0.6) is 0 Å². The van der Waals surface area contributed by atoms with Crippen molar-refractivity contribution in [3.63, 3.8) is 0 Å². The predicted molar refractivity (Wildman–Crippen MR) is 82.1 cm³/mol. The minimum atomic E-state index is -0.0382. The third-order valence-electron chi connectivity index (χ3n) is 3.28. The Balaban J connectivity index is 2.10. The number of morpholine rings is 1. The maximum Gasteiger partial charge on any atom is 0.246 e. The van der Waals surface area contributed by atoms with Crippen molar-refractivity contribution in [3.05, 3.63) is 39.9 Å². The summed E-state index contributed by atoms with van der Waals surface area (Å²) in [6, 6.07) is 5.42. The van der Waals surface area contributed by atoms with E-state index in [2.05, 4.69) is 0 Å². The summed E-state index contributed by atoms with van der Waals surface area (Å²) in [7, 11) is 0. The van der Waals surface area contributed by atoms with Crippen molar-refractivity contribution in [1.82, 2.24) is 4.90 Å². The minimum absolute atomic E-state index is 0.0382. The molecule has 1 aliphatic heterocycles. The summed E-state index contributed by atoms with van der Waals surface area (Å²) in [5.41, 5.74) is 0.737. The Morgan fingerprint density at radius 1 is 1.40 bits per heavy atom. The van der Waals surface area contributed by atoms with Crippen LogP contribution in [0.2, 0.25) is 10.0 Å². The number of hydrogen-bond acceptors (Lipinski definition) is 2. The van der Waals surface area contributed by atoms with Crippen LogP contribution in [-0.2, 0) is 9.53 Å². The van der Waals surface area contributed by atoms with Gasteiger partial charge in [0.15, 0.2) is 0 Å². The second-order valence-electron chi connectivity index (χ2n) is 4.96. The smallest absolute Gasteiger partial charge is 0.246 e. The van der Waals surface area contributed by atoms with Crippen molar-refractivity contribution in [2.45, 2.75) is 26.0 Å². The molecule has 20 heavy (non-hydrogen) atoms. The number of rotatable bonds is 2. The molecule has 5 heteroatoms. The number of carbonyl (C=O) groups excluding carboxylic acids is 1. The molecule has 0 N–H and O–H groups in total. The van der Waals surface area contributed by atoms with Crippen LogP contribution in [0.25, 0.3) is 6.08 Å². The summed E-state index contributed by atoms with van der Waals surface area (Å²) < 4.78 is 5.51. The van der Waals surface area contributed by atoms with Gasteiger partial charge in [0, 0.05) is 12.6 Å². The lowest BCUT2D eigenvalue weighted by Gasteiger charge is -2.36. The Kier molecular flexibility index (Phi) is 5.08. The fourth-order valence-electron chi connectivity index (χ4n) is 2.12. The number of ether oxygens (including phenoxy) is 1. The number of nitrogens with zero attached hydrogens (tertiary/aromatic N) is 1. The van der Waals surface area contributed by atoms with Crippen molar-refractivity contribution in [2.24, 2.45) is 0 Å². The highest BCUT2D eigenvalue weighted by Gasteiger charge is 2.25. The number of hydrogen-bond donors (Lipinski definition) is 0. The molecule has 0 spiro atoms. The first-order chi connectivity index (χ1) is 9.49. The Bertz CT molecular complexity index is 531. The lowest BCUT2D eigenvalue weighted by atomic mass is 10.1. The molecule has 3 nitrogen and oxygen atoms in total. The molecule has 108 valence electrons. The van der Waals surface area contributed by atoms with E-state index in [9.17, 15) is 4.79 Å². The Labute approximate surface area is 129 Å². The fraction of sp³-hybridized carbons (Fsp3) is 0.400. The third-order valence-corrected chi connectivity index (χ3v) is 4.11. The van der Waals surface area contributed by atoms with Crippen LogP contribution >= 0.6 is 23.2 Å².